The Morgan fingerprint density at radius 2 is 2.18 bits per heavy atom. The van der Waals surface area contributed by atoms with Gasteiger partial charge in [0, 0.05) is 24.1 Å². The van der Waals surface area contributed by atoms with E-state index >= 15 is 0 Å². The number of methoxy groups -OCH3 is 1. The number of carboxylic acid groups (broad SMARTS) is 1. The van der Waals surface area contributed by atoms with Crippen molar-refractivity contribution in [1.82, 2.24) is 5.32 Å². The molecule has 0 bridgehead atoms. The van der Waals surface area contributed by atoms with Gasteiger partial charge < -0.3 is 14.6 Å². The smallest absolute Gasteiger partial charge is 0.411 e. The third kappa shape index (κ3) is 3.28. The molecule has 1 aromatic rings. The Morgan fingerprint density at radius 3 is 2.82 bits per heavy atom. The summed E-state index contributed by atoms with van der Waals surface area (Å²) < 4.78 is 10.1. The lowest BCUT2D eigenvalue weighted by Crippen LogP contribution is -2.30. The van der Waals surface area contributed by atoms with E-state index < -0.39 is 12.1 Å². The molecule has 0 radical (unpaired) electrons. The Labute approximate surface area is 128 Å². The van der Waals surface area contributed by atoms with E-state index in [1.54, 1.807) is 13.2 Å². The zero-order chi connectivity index (χ0) is 16.1. The number of ether oxygens (including phenoxy) is 2. The zero-order valence-corrected chi connectivity index (χ0v) is 12.2. The summed E-state index contributed by atoms with van der Waals surface area (Å²) in [6.45, 7) is 3.51. The average molecular weight is 303 g/mol. The molecule has 0 heterocycles. The van der Waals surface area contributed by atoms with Crippen molar-refractivity contribution in [2.24, 2.45) is 0 Å². The third-order valence-electron chi connectivity index (χ3n) is 3.38. The van der Waals surface area contributed by atoms with Crippen LogP contribution in [0.1, 0.15) is 11.1 Å². The van der Waals surface area contributed by atoms with Crippen molar-refractivity contribution >= 4 is 12.1 Å². The molecule has 6 heteroatoms. The van der Waals surface area contributed by atoms with Gasteiger partial charge in [-0.15, -0.1) is 0 Å². The molecule has 0 unspecified atom stereocenters. The molecule has 0 fully saturated rings. The first-order valence-electron chi connectivity index (χ1n) is 6.71. The number of alkyl carbamates (subject to hydrolysis) is 1. The predicted octanol–water partition coefficient (Wildman–Crippen LogP) is 2.04. The maximum absolute atomic E-state index is 11.6. The van der Waals surface area contributed by atoms with E-state index in [0.29, 0.717) is 17.9 Å². The molecule has 0 saturated carbocycles. The Kier molecular flexibility index (Phi) is 4.83. The van der Waals surface area contributed by atoms with Gasteiger partial charge in [0.15, 0.2) is 0 Å². The summed E-state index contributed by atoms with van der Waals surface area (Å²) in [6, 6.07) is 5.50. The van der Waals surface area contributed by atoms with Gasteiger partial charge in [-0.3, -0.25) is 5.32 Å². The van der Waals surface area contributed by atoms with E-state index in [1.165, 1.54) is 6.08 Å². The van der Waals surface area contributed by atoms with Crippen LogP contribution in [0.5, 0.6) is 5.75 Å². The van der Waals surface area contributed by atoms with Crippen LogP contribution in [0.25, 0.3) is 0 Å². The standard InChI is InChI=1S/C16H17NO5/c1-3-7-22-16(20)17-13-8-10-5-4-6-14(21-2)11(10)9-12(13)15(18)19/h3-6H,1,7-9H2,2H3,(H,17,20)(H,18,19). The fourth-order valence-electron chi connectivity index (χ4n) is 2.37. The first kappa shape index (κ1) is 15.6. The molecule has 0 aromatic heterocycles. The molecular weight excluding hydrogens is 286 g/mol. The summed E-state index contributed by atoms with van der Waals surface area (Å²) >= 11 is 0. The summed E-state index contributed by atoms with van der Waals surface area (Å²) in [7, 11) is 1.54. The van der Waals surface area contributed by atoms with Crippen molar-refractivity contribution in [3.63, 3.8) is 0 Å². The van der Waals surface area contributed by atoms with Crippen LogP contribution < -0.4 is 10.1 Å². The van der Waals surface area contributed by atoms with Gasteiger partial charge in [0.1, 0.15) is 12.4 Å². The van der Waals surface area contributed by atoms with Gasteiger partial charge in [0.05, 0.1) is 12.7 Å². The predicted molar refractivity (Wildman–Crippen MR) is 79.7 cm³/mol. The molecule has 22 heavy (non-hydrogen) atoms. The van der Waals surface area contributed by atoms with Crippen molar-refractivity contribution in [3.8, 4) is 5.75 Å². The van der Waals surface area contributed by atoms with Crippen LogP contribution in [0.4, 0.5) is 4.79 Å². The zero-order valence-electron chi connectivity index (χ0n) is 12.2. The number of hydrogen-bond acceptors (Lipinski definition) is 4. The second-order valence-electron chi connectivity index (χ2n) is 4.73. The highest BCUT2D eigenvalue weighted by molar-refractivity contribution is 5.90. The number of fused-ring (bicyclic) bond motifs is 1. The molecule has 1 aromatic carbocycles. The molecule has 0 saturated heterocycles. The number of nitrogens with one attached hydrogen (secondary N) is 1. The molecule has 1 amide bonds. The van der Waals surface area contributed by atoms with Crippen molar-refractivity contribution in [2.45, 2.75) is 12.8 Å². The van der Waals surface area contributed by atoms with E-state index in [-0.39, 0.29) is 18.6 Å². The highest BCUT2D eigenvalue weighted by Gasteiger charge is 2.26. The third-order valence-corrected chi connectivity index (χ3v) is 3.38. The van der Waals surface area contributed by atoms with Crippen LogP contribution in [0, 0.1) is 0 Å². The SMILES string of the molecule is C=CCOC(=O)NC1=C(C(=O)O)Cc2c(cccc2OC)C1. The van der Waals surface area contributed by atoms with Crippen LogP contribution in [0.3, 0.4) is 0 Å². The fourth-order valence-corrected chi connectivity index (χ4v) is 2.37. The highest BCUT2D eigenvalue weighted by Crippen LogP contribution is 2.31. The minimum Gasteiger partial charge on any atom is -0.496 e. The van der Waals surface area contributed by atoms with Crippen molar-refractivity contribution in [1.29, 1.82) is 0 Å². The molecule has 2 rings (SSSR count). The number of hydrogen-bond donors (Lipinski definition) is 2. The number of rotatable bonds is 5. The minimum absolute atomic E-state index is 0.0614. The van der Waals surface area contributed by atoms with Gasteiger partial charge in [-0.1, -0.05) is 24.8 Å². The minimum atomic E-state index is -1.07. The normalized spacial score (nSPS) is 13.1. The molecule has 116 valence electrons. The first-order chi connectivity index (χ1) is 10.6. The number of aliphatic carboxylic acids is 1. The van der Waals surface area contributed by atoms with Gasteiger partial charge in [-0.05, 0) is 11.6 Å². The molecule has 0 spiro atoms. The molecule has 6 nitrogen and oxygen atoms in total. The number of amides is 1. The Morgan fingerprint density at radius 1 is 1.41 bits per heavy atom. The Bertz CT molecular complexity index is 648. The second kappa shape index (κ2) is 6.80. The lowest BCUT2D eigenvalue weighted by molar-refractivity contribution is -0.132. The number of benzene rings is 1. The molecule has 2 N–H and O–H groups in total. The summed E-state index contributed by atoms with van der Waals surface area (Å²) in [6.07, 6.45) is 1.23. The Hall–Kier alpha value is -2.76. The van der Waals surface area contributed by atoms with Gasteiger partial charge in [-0.2, -0.15) is 0 Å². The van der Waals surface area contributed by atoms with Crippen LogP contribution in [0.2, 0.25) is 0 Å². The first-order valence-corrected chi connectivity index (χ1v) is 6.71. The van der Waals surface area contributed by atoms with E-state index in [4.69, 9.17) is 9.47 Å². The lowest BCUT2D eigenvalue weighted by atomic mass is 9.88. The van der Waals surface area contributed by atoms with Crippen molar-refractivity contribution in [2.75, 3.05) is 13.7 Å². The summed E-state index contributed by atoms with van der Waals surface area (Å²) in [5, 5.41) is 11.9. The summed E-state index contributed by atoms with van der Waals surface area (Å²) in [5.41, 5.74) is 2.21. The van der Waals surface area contributed by atoms with E-state index in [0.717, 1.165) is 11.1 Å². The lowest BCUT2D eigenvalue weighted by Gasteiger charge is -2.23. The maximum Gasteiger partial charge on any atom is 0.411 e. The van der Waals surface area contributed by atoms with Crippen LogP contribution in [-0.2, 0) is 22.4 Å². The molecule has 1 aliphatic carbocycles. The highest BCUT2D eigenvalue weighted by atomic mass is 16.5. The van der Waals surface area contributed by atoms with E-state index in [2.05, 4.69) is 11.9 Å². The number of carboxylic acids is 1. The van der Waals surface area contributed by atoms with Gasteiger partial charge in [0.25, 0.3) is 0 Å². The van der Waals surface area contributed by atoms with E-state index in [9.17, 15) is 14.7 Å². The topological polar surface area (TPSA) is 84.9 Å². The number of carbonyl (C=O) groups is 2. The number of allylic oxidation sites excluding steroid dienone is 1. The molecular formula is C16H17NO5. The monoisotopic (exact) mass is 303 g/mol. The summed E-state index contributed by atoms with van der Waals surface area (Å²) in [5.74, 6) is -0.430. The Balaban J connectivity index is 2.29. The van der Waals surface area contributed by atoms with Crippen LogP contribution in [0.15, 0.2) is 42.1 Å². The second-order valence-corrected chi connectivity index (χ2v) is 4.73. The average Bonchev–Trinajstić information content (AvgIpc) is 2.51. The van der Waals surface area contributed by atoms with Gasteiger partial charge in [0.2, 0.25) is 0 Å². The molecule has 0 aliphatic heterocycles. The maximum atomic E-state index is 11.6. The van der Waals surface area contributed by atoms with Gasteiger partial charge >= 0.3 is 12.1 Å². The quantitative estimate of drug-likeness (QED) is 0.813. The van der Waals surface area contributed by atoms with Gasteiger partial charge in [-0.25, -0.2) is 9.59 Å². The molecule has 1 aliphatic rings. The molecule has 0 atom stereocenters. The largest absolute Gasteiger partial charge is 0.496 e. The van der Waals surface area contributed by atoms with E-state index in [1.807, 2.05) is 12.1 Å². The summed E-state index contributed by atoms with van der Waals surface area (Å²) in [4.78, 5) is 23.1. The fraction of sp³-hybridized carbons (Fsp3) is 0.250. The van der Waals surface area contributed by atoms with Crippen molar-refractivity contribution in [3.05, 3.63) is 53.3 Å². The van der Waals surface area contributed by atoms with Crippen LogP contribution >= 0.6 is 0 Å². The number of carbonyl (C=O) groups excluding carboxylic acids is 1. The van der Waals surface area contributed by atoms with Crippen molar-refractivity contribution < 1.29 is 24.2 Å². The van der Waals surface area contributed by atoms with Crippen LogP contribution in [-0.4, -0.2) is 30.9 Å².